The first-order chi connectivity index (χ1) is 14.4. The molecule has 1 atom stereocenters. The monoisotopic (exact) mass is 445 g/mol. The van der Waals surface area contributed by atoms with Crippen LogP contribution in [-0.4, -0.2) is 26.7 Å². The van der Waals surface area contributed by atoms with E-state index in [1.54, 1.807) is 47.8 Å². The van der Waals surface area contributed by atoms with Gasteiger partial charge in [0.25, 0.3) is 0 Å². The van der Waals surface area contributed by atoms with Crippen LogP contribution in [0.4, 0.5) is 4.39 Å². The lowest BCUT2D eigenvalue weighted by Gasteiger charge is -2.19. The van der Waals surface area contributed by atoms with Gasteiger partial charge in [-0.2, -0.15) is 0 Å². The maximum Gasteiger partial charge on any atom is 0.220 e. The lowest BCUT2D eigenvalue weighted by molar-refractivity contribution is -0.121. The highest BCUT2D eigenvalue weighted by Crippen LogP contribution is 2.28. The van der Waals surface area contributed by atoms with Gasteiger partial charge in [-0.25, -0.2) is 12.8 Å². The van der Waals surface area contributed by atoms with E-state index >= 15 is 0 Å². The van der Waals surface area contributed by atoms with Crippen LogP contribution in [0, 0.1) is 5.82 Å². The van der Waals surface area contributed by atoms with Gasteiger partial charge < -0.3 is 5.32 Å². The molecule has 0 radical (unpaired) electrons. The SMILES string of the molecule is O=C(CCC(=O)c1cccs1)NCC(c1ccccc1)S(=O)(=O)c1ccc(F)cc1. The minimum Gasteiger partial charge on any atom is -0.354 e. The normalized spacial score (nSPS) is 12.3. The molecule has 0 aliphatic carbocycles. The number of Topliss-reactive ketones (excluding diaryl/α,β-unsaturated/α-hetero) is 1. The van der Waals surface area contributed by atoms with Crippen molar-refractivity contribution in [2.24, 2.45) is 0 Å². The van der Waals surface area contributed by atoms with Gasteiger partial charge in [-0.1, -0.05) is 36.4 Å². The predicted molar refractivity (Wildman–Crippen MR) is 114 cm³/mol. The Kier molecular flexibility index (Phi) is 7.12. The van der Waals surface area contributed by atoms with Crippen molar-refractivity contribution in [3.05, 3.63) is 88.4 Å². The summed E-state index contributed by atoms with van der Waals surface area (Å²) in [4.78, 5) is 24.9. The molecule has 0 fully saturated rings. The molecule has 1 N–H and O–H groups in total. The van der Waals surface area contributed by atoms with Gasteiger partial charge in [-0.3, -0.25) is 9.59 Å². The molecule has 8 heteroatoms. The number of nitrogens with one attached hydrogen (secondary N) is 1. The largest absolute Gasteiger partial charge is 0.354 e. The van der Waals surface area contributed by atoms with Crippen molar-refractivity contribution in [3.63, 3.8) is 0 Å². The van der Waals surface area contributed by atoms with Crippen molar-refractivity contribution in [2.45, 2.75) is 23.0 Å². The van der Waals surface area contributed by atoms with Crippen LogP contribution in [0.2, 0.25) is 0 Å². The third-order valence-electron chi connectivity index (χ3n) is 4.55. The Morgan fingerprint density at radius 1 is 0.933 bits per heavy atom. The van der Waals surface area contributed by atoms with E-state index in [2.05, 4.69) is 5.32 Å². The van der Waals surface area contributed by atoms with Crippen LogP contribution < -0.4 is 5.32 Å². The lowest BCUT2D eigenvalue weighted by Crippen LogP contribution is -2.32. The van der Waals surface area contributed by atoms with Crippen LogP contribution in [0.25, 0.3) is 0 Å². The van der Waals surface area contributed by atoms with Gasteiger partial charge >= 0.3 is 0 Å². The van der Waals surface area contributed by atoms with Crippen LogP contribution >= 0.6 is 11.3 Å². The van der Waals surface area contributed by atoms with Crippen LogP contribution in [-0.2, 0) is 14.6 Å². The zero-order valence-electron chi connectivity index (χ0n) is 16.0. The summed E-state index contributed by atoms with van der Waals surface area (Å²) < 4.78 is 39.5. The molecular weight excluding hydrogens is 425 g/mol. The van der Waals surface area contributed by atoms with Crippen molar-refractivity contribution in [2.75, 3.05) is 6.54 Å². The zero-order valence-corrected chi connectivity index (χ0v) is 17.6. The summed E-state index contributed by atoms with van der Waals surface area (Å²) in [5.41, 5.74) is 0.511. The van der Waals surface area contributed by atoms with Gasteiger partial charge in [0, 0.05) is 19.4 Å². The molecule has 0 spiro atoms. The number of hydrogen-bond acceptors (Lipinski definition) is 5. The number of carbonyl (C=O) groups is 2. The fourth-order valence-corrected chi connectivity index (χ4v) is 5.30. The summed E-state index contributed by atoms with van der Waals surface area (Å²) in [6.07, 6.45) is 0.0158. The van der Waals surface area contributed by atoms with E-state index in [9.17, 15) is 22.4 Å². The number of carbonyl (C=O) groups excluding carboxylic acids is 2. The van der Waals surface area contributed by atoms with E-state index in [1.807, 2.05) is 0 Å². The second-order valence-corrected chi connectivity index (χ2v) is 9.68. The third kappa shape index (κ3) is 5.40. The number of sulfone groups is 1. The van der Waals surface area contributed by atoms with E-state index in [1.165, 1.54) is 23.5 Å². The van der Waals surface area contributed by atoms with Crippen LogP contribution in [0.5, 0.6) is 0 Å². The minimum absolute atomic E-state index is 0.0279. The highest BCUT2D eigenvalue weighted by Gasteiger charge is 2.29. The van der Waals surface area contributed by atoms with E-state index in [-0.39, 0.29) is 30.1 Å². The molecule has 3 rings (SSSR count). The van der Waals surface area contributed by atoms with Crippen molar-refractivity contribution < 1.29 is 22.4 Å². The molecule has 30 heavy (non-hydrogen) atoms. The molecule has 2 aromatic carbocycles. The fourth-order valence-electron chi connectivity index (χ4n) is 2.95. The lowest BCUT2D eigenvalue weighted by atomic mass is 10.1. The first-order valence-electron chi connectivity index (χ1n) is 9.26. The Morgan fingerprint density at radius 3 is 2.27 bits per heavy atom. The molecule has 1 aromatic heterocycles. The molecule has 0 aliphatic heterocycles. The van der Waals surface area contributed by atoms with Crippen molar-refractivity contribution in [3.8, 4) is 0 Å². The van der Waals surface area contributed by atoms with Crippen molar-refractivity contribution in [1.82, 2.24) is 5.32 Å². The van der Waals surface area contributed by atoms with Crippen LogP contribution in [0.3, 0.4) is 0 Å². The Labute approximate surface area is 178 Å². The second-order valence-electron chi connectivity index (χ2n) is 6.60. The summed E-state index contributed by atoms with van der Waals surface area (Å²) in [5.74, 6) is -1.07. The topological polar surface area (TPSA) is 80.3 Å². The maximum atomic E-state index is 13.2. The third-order valence-corrected chi connectivity index (χ3v) is 7.58. The number of halogens is 1. The van der Waals surface area contributed by atoms with E-state index < -0.39 is 26.8 Å². The number of thiophene rings is 1. The van der Waals surface area contributed by atoms with E-state index in [0.717, 1.165) is 12.1 Å². The average Bonchev–Trinajstić information content (AvgIpc) is 3.28. The molecule has 5 nitrogen and oxygen atoms in total. The van der Waals surface area contributed by atoms with Crippen LogP contribution in [0.1, 0.15) is 33.3 Å². The Hall–Kier alpha value is -2.84. The molecule has 0 saturated heterocycles. The van der Waals surface area contributed by atoms with Gasteiger partial charge in [0.05, 0.1) is 9.77 Å². The first kappa shape index (κ1) is 21.9. The Morgan fingerprint density at radius 2 is 1.63 bits per heavy atom. The Bertz CT molecular complexity index is 1100. The Balaban J connectivity index is 1.71. The maximum absolute atomic E-state index is 13.2. The first-order valence-corrected chi connectivity index (χ1v) is 11.7. The number of benzene rings is 2. The number of hydrogen-bond donors (Lipinski definition) is 1. The second kappa shape index (κ2) is 9.77. The summed E-state index contributed by atoms with van der Waals surface area (Å²) in [6, 6.07) is 16.6. The number of ketones is 1. The minimum atomic E-state index is -3.88. The molecular formula is C22H20FNO4S2. The summed E-state index contributed by atoms with van der Waals surface area (Å²) in [6.45, 7) is -0.157. The molecule has 0 bridgehead atoms. The molecule has 3 aromatic rings. The van der Waals surface area contributed by atoms with Gasteiger partial charge in [0.1, 0.15) is 11.1 Å². The summed E-state index contributed by atoms with van der Waals surface area (Å²) in [5, 5.41) is 3.38. The van der Waals surface area contributed by atoms with Gasteiger partial charge in [-0.05, 0) is 41.3 Å². The number of amides is 1. The summed E-state index contributed by atoms with van der Waals surface area (Å²) >= 11 is 1.31. The van der Waals surface area contributed by atoms with Gasteiger partial charge in [0.15, 0.2) is 15.6 Å². The number of rotatable bonds is 9. The zero-order chi connectivity index (χ0) is 21.6. The van der Waals surface area contributed by atoms with Gasteiger partial charge in [0.2, 0.25) is 5.91 Å². The van der Waals surface area contributed by atoms with Gasteiger partial charge in [-0.15, -0.1) is 11.3 Å². The summed E-state index contributed by atoms with van der Waals surface area (Å²) in [7, 11) is -3.88. The van der Waals surface area contributed by atoms with E-state index in [0.29, 0.717) is 10.4 Å². The molecule has 0 aliphatic rings. The van der Waals surface area contributed by atoms with Crippen LogP contribution in [0.15, 0.2) is 77.0 Å². The molecule has 1 amide bonds. The average molecular weight is 446 g/mol. The molecule has 0 saturated carbocycles. The smallest absolute Gasteiger partial charge is 0.220 e. The van der Waals surface area contributed by atoms with Crippen molar-refractivity contribution >= 4 is 32.9 Å². The molecule has 1 unspecified atom stereocenters. The molecule has 1 heterocycles. The van der Waals surface area contributed by atoms with Crippen molar-refractivity contribution in [1.29, 1.82) is 0 Å². The molecule has 156 valence electrons. The van der Waals surface area contributed by atoms with E-state index in [4.69, 9.17) is 0 Å². The highest BCUT2D eigenvalue weighted by atomic mass is 32.2. The fraction of sp³-hybridized carbons (Fsp3) is 0.182. The predicted octanol–water partition coefficient (Wildman–Crippen LogP) is 4.18. The highest BCUT2D eigenvalue weighted by molar-refractivity contribution is 7.91. The quantitative estimate of drug-likeness (QED) is 0.396. The standard InChI is InChI=1S/C22H20FNO4S2/c23-17-8-10-18(11-9-17)30(27,28)21(16-5-2-1-3-6-16)15-24-22(26)13-12-19(25)20-7-4-14-29-20/h1-11,14,21H,12-13,15H2,(H,24,26).